The molecule has 0 aliphatic carbocycles. The van der Waals surface area contributed by atoms with E-state index < -0.39 is 0 Å². The molecule has 0 fully saturated rings. The number of alkyl halides is 1. The Bertz CT molecular complexity index is 811. The van der Waals surface area contributed by atoms with Crippen LogP contribution in [0.1, 0.15) is 17.0 Å². The summed E-state index contributed by atoms with van der Waals surface area (Å²) in [6, 6.07) is 8.28. The van der Waals surface area contributed by atoms with Crippen LogP contribution in [0.2, 0.25) is 0 Å². The van der Waals surface area contributed by atoms with Gasteiger partial charge in [-0.05, 0) is 43.2 Å². The maximum atomic E-state index is 5.94. The molecule has 0 saturated carbocycles. The number of pyridine rings is 1. The molecular weight excluding hydrogens is 350 g/mol. The minimum atomic E-state index is 0.537. The number of aromatic nitrogens is 3. The Balaban J connectivity index is 2.33. The molecule has 108 valence electrons. The smallest absolute Gasteiger partial charge is 0.164 e. The van der Waals surface area contributed by atoms with E-state index in [0.29, 0.717) is 12.3 Å². The summed E-state index contributed by atoms with van der Waals surface area (Å²) in [5.41, 5.74) is 5.16. The second kappa shape index (κ2) is 5.78. The summed E-state index contributed by atoms with van der Waals surface area (Å²) < 4.78 is 3.14. The van der Waals surface area contributed by atoms with E-state index in [4.69, 9.17) is 16.6 Å². The van der Waals surface area contributed by atoms with Crippen molar-refractivity contribution >= 4 is 38.7 Å². The van der Waals surface area contributed by atoms with Crippen LogP contribution in [0.25, 0.3) is 16.9 Å². The van der Waals surface area contributed by atoms with Gasteiger partial charge in [0.2, 0.25) is 0 Å². The largest absolute Gasteiger partial charge is 0.280 e. The van der Waals surface area contributed by atoms with Gasteiger partial charge in [-0.3, -0.25) is 4.57 Å². The van der Waals surface area contributed by atoms with E-state index in [-0.39, 0.29) is 0 Å². The Hall–Kier alpha value is -1.39. The van der Waals surface area contributed by atoms with Crippen LogP contribution in [-0.4, -0.2) is 20.4 Å². The van der Waals surface area contributed by atoms with Crippen molar-refractivity contribution in [1.82, 2.24) is 14.5 Å². The highest BCUT2D eigenvalue weighted by Gasteiger charge is 2.15. The molecule has 3 nitrogen and oxygen atoms in total. The zero-order valence-electron chi connectivity index (χ0n) is 11.9. The highest BCUT2D eigenvalue weighted by Crippen LogP contribution is 2.26. The lowest BCUT2D eigenvalue weighted by Gasteiger charge is -2.11. The molecular formula is C16H15BrClN3. The summed E-state index contributed by atoms with van der Waals surface area (Å²) in [5, 5.41) is 0. The third kappa shape index (κ3) is 2.70. The Morgan fingerprint density at radius 2 is 2.05 bits per heavy atom. The van der Waals surface area contributed by atoms with Crippen molar-refractivity contribution in [2.24, 2.45) is 0 Å². The van der Waals surface area contributed by atoms with Crippen LogP contribution in [0.5, 0.6) is 0 Å². The maximum Gasteiger partial charge on any atom is 0.164 e. The standard InChI is InChI=1S/C16H15BrClN3/c1-10-7-13-16(19-9-10)21(15(20-13)5-6-18)14-8-12(17)4-3-11(14)2/h3-4,7-9H,5-6H2,1-2H3. The summed E-state index contributed by atoms with van der Waals surface area (Å²) in [6.07, 6.45) is 2.58. The number of rotatable bonds is 3. The van der Waals surface area contributed by atoms with Crippen molar-refractivity contribution in [3.05, 3.63) is 51.9 Å². The highest BCUT2D eigenvalue weighted by atomic mass is 79.9. The third-order valence-electron chi connectivity index (χ3n) is 3.43. The molecule has 0 spiro atoms. The molecule has 3 rings (SSSR count). The Labute approximate surface area is 137 Å². The molecule has 5 heteroatoms. The van der Waals surface area contributed by atoms with Crippen molar-refractivity contribution in [2.45, 2.75) is 20.3 Å². The number of imidazole rings is 1. The quantitative estimate of drug-likeness (QED) is 0.637. The van der Waals surface area contributed by atoms with E-state index in [1.807, 2.05) is 19.2 Å². The van der Waals surface area contributed by atoms with Gasteiger partial charge in [0, 0.05) is 23.0 Å². The molecule has 0 aliphatic heterocycles. The van der Waals surface area contributed by atoms with Gasteiger partial charge in [0.05, 0.1) is 5.69 Å². The highest BCUT2D eigenvalue weighted by molar-refractivity contribution is 9.10. The zero-order valence-corrected chi connectivity index (χ0v) is 14.2. The summed E-state index contributed by atoms with van der Waals surface area (Å²) in [4.78, 5) is 9.28. The molecule has 0 amide bonds. The van der Waals surface area contributed by atoms with Crippen LogP contribution in [0.15, 0.2) is 34.9 Å². The molecule has 2 heterocycles. The van der Waals surface area contributed by atoms with E-state index in [1.165, 1.54) is 5.56 Å². The lowest BCUT2D eigenvalue weighted by atomic mass is 10.2. The van der Waals surface area contributed by atoms with Crippen molar-refractivity contribution in [2.75, 3.05) is 5.88 Å². The van der Waals surface area contributed by atoms with Crippen LogP contribution in [-0.2, 0) is 6.42 Å². The number of nitrogens with zero attached hydrogens (tertiary/aromatic N) is 3. The fraction of sp³-hybridized carbons (Fsp3) is 0.250. The summed E-state index contributed by atoms with van der Waals surface area (Å²) in [6.45, 7) is 4.11. The molecule has 1 aromatic carbocycles. The Kier molecular flexibility index (Phi) is 4.00. The van der Waals surface area contributed by atoms with Gasteiger partial charge < -0.3 is 0 Å². The van der Waals surface area contributed by atoms with Gasteiger partial charge in [-0.25, -0.2) is 9.97 Å². The average Bonchev–Trinajstić information content (AvgIpc) is 2.79. The van der Waals surface area contributed by atoms with E-state index in [1.54, 1.807) is 0 Å². The molecule has 0 bridgehead atoms. The second-order valence-corrected chi connectivity index (χ2v) is 6.38. The number of hydrogen-bond donors (Lipinski definition) is 0. The fourth-order valence-electron chi connectivity index (χ4n) is 2.44. The second-order valence-electron chi connectivity index (χ2n) is 5.09. The molecule has 0 unspecified atom stereocenters. The van der Waals surface area contributed by atoms with E-state index >= 15 is 0 Å². The number of halogens is 2. The third-order valence-corrected chi connectivity index (χ3v) is 4.12. The molecule has 2 aromatic heterocycles. The van der Waals surface area contributed by atoms with Gasteiger partial charge in [0.1, 0.15) is 11.3 Å². The number of aryl methyl sites for hydroxylation is 3. The molecule has 0 N–H and O–H groups in total. The van der Waals surface area contributed by atoms with Gasteiger partial charge in [-0.1, -0.05) is 22.0 Å². The molecule has 0 saturated heterocycles. The van der Waals surface area contributed by atoms with E-state index in [0.717, 1.165) is 32.7 Å². The maximum absolute atomic E-state index is 5.94. The predicted octanol–water partition coefficient (Wildman–Crippen LogP) is 4.58. The first-order valence-corrected chi connectivity index (χ1v) is 8.09. The lowest BCUT2D eigenvalue weighted by Crippen LogP contribution is -2.04. The Morgan fingerprint density at radius 1 is 1.24 bits per heavy atom. The summed E-state index contributed by atoms with van der Waals surface area (Å²) >= 11 is 9.48. The monoisotopic (exact) mass is 363 g/mol. The molecule has 3 aromatic rings. The molecule has 0 radical (unpaired) electrons. The Morgan fingerprint density at radius 3 is 2.81 bits per heavy atom. The summed E-state index contributed by atoms with van der Waals surface area (Å²) in [7, 11) is 0. The van der Waals surface area contributed by atoms with Crippen molar-refractivity contribution in [3.63, 3.8) is 0 Å². The molecule has 0 atom stereocenters. The normalized spacial score (nSPS) is 11.2. The first-order chi connectivity index (χ1) is 10.1. The van der Waals surface area contributed by atoms with Gasteiger partial charge in [-0.15, -0.1) is 11.6 Å². The van der Waals surface area contributed by atoms with Gasteiger partial charge >= 0.3 is 0 Å². The molecule has 21 heavy (non-hydrogen) atoms. The van der Waals surface area contributed by atoms with Crippen LogP contribution >= 0.6 is 27.5 Å². The SMILES string of the molecule is Cc1cnc2c(c1)nc(CCCl)n2-c1cc(Br)ccc1C. The number of hydrogen-bond acceptors (Lipinski definition) is 2. The van der Waals surface area contributed by atoms with Crippen molar-refractivity contribution in [3.8, 4) is 5.69 Å². The average molecular weight is 365 g/mol. The van der Waals surface area contributed by atoms with Gasteiger partial charge in [0.25, 0.3) is 0 Å². The van der Waals surface area contributed by atoms with Gasteiger partial charge in [0.15, 0.2) is 5.65 Å². The van der Waals surface area contributed by atoms with Gasteiger partial charge in [-0.2, -0.15) is 0 Å². The summed E-state index contributed by atoms with van der Waals surface area (Å²) in [5.74, 6) is 1.48. The zero-order chi connectivity index (χ0) is 15.0. The van der Waals surface area contributed by atoms with Crippen LogP contribution in [0.3, 0.4) is 0 Å². The van der Waals surface area contributed by atoms with Crippen molar-refractivity contribution in [1.29, 1.82) is 0 Å². The number of benzene rings is 1. The van der Waals surface area contributed by atoms with Crippen LogP contribution in [0.4, 0.5) is 0 Å². The van der Waals surface area contributed by atoms with Crippen molar-refractivity contribution < 1.29 is 0 Å². The lowest BCUT2D eigenvalue weighted by molar-refractivity contribution is 0.899. The van der Waals surface area contributed by atoms with Crippen LogP contribution < -0.4 is 0 Å². The fourth-order valence-corrected chi connectivity index (χ4v) is 2.96. The van der Waals surface area contributed by atoms with E-state index in [9.17, 15) is 0 Å². The van der Waals surface area contributed by atoms with E-state index in [2.05, 4.69) is 50.6 Å². The number of fused-ring (bicyclic) bond motifs is 1. The topological polar surface area (TPSA) is 30.7 Å². The predicted molar refractivity (Wildman–Crippen MR) is 90.5 cm³/mol. The first kappa shape index (κ1) is 14.5. The first-order valence-electron chi connectivity index (χ1n) is 6.76. The van der Waals surface area contributed by atoms with Crippen LogP contribution in [0, 0.1) is 13.8 Å². The molecule has 0 aliphatic rings. The minimum Gasteiger partial charge on any atom is -0.280 e. The minimum absolute atomic E-state index is 0.537.